The van der Waals surface area contributed by atoms with Crippen molar-refractivity contribution in [2.45, 2.75) is 6.36 Å². The smallest absolute Gasteiger partial charge is 0.476 e. The van der Waals surface area contributed by atoms with E-state index in [-0.39, 0.29) is 11.5 Å². The first-order chi connectivity index (χ1) is 9.23. The minimum absolute atomic E-state index is 0.256. The molecule has 0 bridgehead atoms. The Morgan fingerprint density at radius 1 is 1.25 bits per heavy atom. The molecule has 0 aliphatic rings. The summed E-state index contributed by atoms with van der Waals surface area (Å²) in [7, 11) is 0. The molecule has 0 atom stereocenters. The number of anilines is 1. The van der Waals surface area contributed by atoms with Gasteiger partial charge in [-0.1, -0.05) is 0 Å². The summed E-state index contributed by atoms with van der Waals surface area (Å²) in [5, 5.41) is 11.2. The van der Waals surface area contributed by atoms with Gasteiger partial charge >= 0.3 is 12.3 Å². The maximum atomic E-state index is 11.9. The van der Waals surface area contributed by atoms with E-state index < -0.39 is 23.8 Å². The molecule has 0 spiro atoms. The lowest BCUT2D eigenvalue weighted by Crippen LogP contribution is -2.32. The van der Waals surface area contributed by atoms with Gasteiger partial charge in [0.05, 0.1) is 0 Å². The Labute approximate surface area is 111 Å². The highest BCUT2D eigenvalue weighted by Crippen LogP contribution is 2.24. The van der Waals surface area contributed by atoms with Crippen LogP contribution in [0.4, 0.5) is 18.9 Å². The molecule has 7 nitrogen and oxygen atoms in total. The van der Waals surface area contributed by atoms with Crippen LogP contribution >= 0.6 is 0 Å². The number of carbonyl (C=O) groups is 1. The molecule has 110 valence electrons. The maximum absolute atomic E-state index is 11.9. The van der Waals surface area contributed by atoms with Crippen molar-refractivity contribution >= 4 is 11.7 Å². The number of carboxylic acids is 1. The molecule has 0 saturated heterocycles. The van der Waals surface area contributed by atoms with E-state index in [2.05, 4.69) is 10.1 Å². The highest BCUT2D eigenvalue weighted by molar-refractivity contribution is 5.87. The summed E-state index contributed by atoms with van der Waals surface area (Å²) in [5.74, 6) is 2.86. The highest BCUT2D eigenvalue weighted by Gasteiger charge is 2.30. The summed E-state index contributed by atoms with van der Waals surface area (Å²) in [6.07, 6.45) is -4.78. The van der Waals surface area contributed by atoms with Crippen molar-refractivity contribution < 1.29 is 27.8 Å². The van der Waals surface area contributed by atoms with Crippen LogP contribution in [0.1, 0.15) is 0 Å². The van der Waals surface area contributed by atoms with Gasteiger partial charge in [0, 0.05) is 5.69 Å². The Balaban J connectivity index is 2.82. The number of rotatable bonds is 5. The van der Waals surface area contributed by atoms with Crippen LogP contribution in [-0.2, 0) is 4.79 Å². The van der Waals surface area contributed by atoms with Gasteiger partial charge in [0.2, 0.25) is 0 Å². The number of alkyl halides is 3. The molecule has 10 heteroatoms. The molecule has 20 heavy (non-hydrogen) atoms. The van der Waals surface area contributed by atoms with E-state index in [9.17, 15) is 18.0 Å². The number of hydrogen-bond acceptors (Lipinski definition) is 6. The van der Waals surface area contributed by atoms with Crippen LogP contribution in [-0.4, -0.2) is 17.4 Å². The zero-order chi connectivity index (χ0) is 15.3. The van der Waals surface area contributed by atoms with Gasteiger partial charge in [-0.2, -0.15) is 0 Å². The monoisotopic (exact) mass is 292 g/mol. The fraction of sp³-hybridized carbons (Fsp3) is 0.100. The number of nitrogens with two attached hydrogens (primary N) is 2. The van der Waals surface area contributed by atoms with E-state index in [1.165, 1.54) is 12.1 Å². The minimum atomic E-state index is -4.78. The second kappa shape index (κ2) is 6.02. The van der Waals surface area contributed by atoms with Crippen LogP contribution < -0.4 is 27.1 Å². The zero-order valence-electron chi connectivity index (χ0n) is 9.86. The fourth-order valence-electron chi connectivity index (χ4n) is 1.21. The van der Waals surface area contributed by atoms with E-state index in [1.807, 2.05) is 5.43 Å². The minimum Gasteiger partial charge on any atom is -0.476 e. The molecular formula is C10H11F3N4O3. The molecule has 1 aromatic rings. The predicted octanol–water partition coefficient (Wildman–Crippen LogP) is 0.673. The second-order valence-corrected chi connectivity index (χ2v) is 3.44. The van der Waals surface area contributed by atoms with Gasteiger partial charge < -0.3 is 26.3 Å². The molecule has 0 aliphatic carbocycles. The summed E-state index contributed by atoms with van der Waals surface area (Å²) < 4.78 is 39.5. The van der Waals surface area contributed by atoms with Gasteiger partial charge in [-0.3, -0.25) is 5.84 Å². The standard InChI is InChI=1S/C10H11F3N4O3/c11-10(12,13)20-6-3-1-5(2-4-6)16-8(14)7(17-15)9(18)19/h1-4,16-17H,14-15H2,(H,18,19)/b8-7+. The second-order valence-electron chi connectivity index (χ2n) is 3.44. The first-order valence-corrected chi connectivity index (χ1v) is 5.05. The molecule has 1 rings (SSSR count). The van der Waals surface area contributed by atoms with Crippen molar-refractivity contribution in [3.63, 3.8) is 0 Å². The number of aliphatic carboxylic acids is 1. The molecule has 0 saturated carbocycles. The van der Waals surface area contributed by atoms with E-state index in [4.69, 9.17) is 16.7 Å². The fourth-order valence-corrected chi connectivity index (χ4v) is 1.21. The summed E-state index contributed by atoms with van der Waals surface area (Å²) in [4.78, 5) is 10.7. The molecule has 0 amide bonds. The number of benzene rings is 1. The summed E-state index contributed by atoms with van der Waals surface area (Å²) >= 11 is 0. The van der Waals surface area contributed by atoms with Crippen molar-refractivity contribution in [3.8, 4) is 5.75 Å². The third kappa shape index (κ3) is 4.57. The van der Waals surface area contributed by atoms with Crippen molar-refractivity contribution in [2.75, 3.05) is 5.32 Å². The summed E-state index contributed by atoms with van der Waals surface area (Å²) in [5.41, 5.74) is 7.09. The Bertz CT molecular complexity index is 513. The van der Waals surface area contributed by atoms with Gasteiger partial charge in [-0.05, 0) is 24.3 Å². The van der Waals surface area contributed by atoms with Crippen LogP contribution in [0.2, 0.25) is 0 Å². The van der Waals surface area contributed by atoms with Crippen LogP contribution in [0.5, 0.6) is 5.75 Å². The summed E-state index contributed by atoms with van der Waals surface area (Å²) in [6, 6.07) is 4.53. The quantitative estimate of drug-likeness (QED) is 0.307. The van der Waals surface area contributed by atoms with E-state index in [0.717, 1.165) is 12.1 Å². The molecule has 0 aromatic heterocycles. The topological polar surface area (TPSA) is 123 Å². The van der Waals surface area contributed by atoms with Gasteiger partial charge in [0.15, 0.2) is 5.70 Å². The molecule has 1 aromatic carbocycles. The molecule has 0 unspecified atom stereocenters. The molecule has 0 fully saturated rings. The van der Waals surface area contributed by atoms with Crippen molar-refractivity contribution in [1.82, 2.24) is 5.43 Å². The first kappa shape index (κ1) is 15.4. The number of nitrogens with one attached hydrogen (secondary N) is 2. The first-order valence-electron chi connectivity index (χ1n) is 5.05. The molecular weight excluding hydrogens is 281 g/mol. The number of halogens is 3. The maximum Gasteiger partial charge on any atom is 0.573 e. The Hall–Kier alpha value is -2.62. The Morgan fingerprint density at radius 3 is 2.20 bits per heavy atom. The predicted molar refractivity (Wildman–Crippen MR) is 62.9 cm³/mol. The number of hydrazine groups is 1. The average Bonchev–Trinajstić information content (AvgIpc) is 2.30. The lowest BCUT2D eigenvalue weighted by atomic mass is 10.3. The van der Waals surface area contributed by atoms with Gasteiger partial charge in [0.1, 0.15) is 11.6 Å². The number of carboxylic acid groups (broad SMARTS) is 1. The van der Waals surface area contributed by atoms with Gasteiger partial charge in [-0.25, -0.2) is 4.79 Å². The third-order valence-electron chi connectivity index (χ3n) is 1.99. The lowest BCUT2D eigenvalue weighted by Gasteiger charge is -2.12. The number of ether oxygens (including phenoxy) is 1. The molecule has 0 aliphatic heterocycles. The molecule has 0 radical (unpaired) electrons. The highest BCUT2D eigenvalue weighted by atomic mass is 19.4. The SMILES string of the molecule is NN/C(C(=O)O)=C(\N)Nc1ccc(OC(F)(F)F)cc1. The lowest BCUT2D eigenvalue weighted by molar-refractivity contribution is -0.274. The van der Waals surface area contributed by atoms with E-state index in [0.29, 0.717) is 0 Å². The largest absolute Gasteiger partial charge is 0.573 e. The van der Waals surface area contributed by atoms with Crippen LogP contribution in [0.15, 0.2) is 35.8 Å². The Morgan fingerprint density at radius 2 is 1.80 bits per heavy atom. The average molecular weight is 292 g/mol. The van der Waals surface area contributed by atoms with Crippen molar-refractivity contribution in [3.05, 3.63) is 35.8 Å². The number of hydrogen-bond donors (Lipinski definition) is 5. The zero-order valence-corrected chi connectivity index (χ0v) is 9.86. The van der Waals surface area contributed by atoms with Crippen molar-refractivity contribution in [2.24, 2.45) is 11.6 Å². The van der Waals surface area contributed by atoms with E-state index in [1.54, 1.807) is 0 Å². The van der Waals surface area contributed by atoms with Crippen LogP contribution in [0, 0.1) is 0 Å². The van der Waals surface area contributed by atoms with Crippen molar-refractivity contribution in [1.29, 1.82) is 0 Å². The third-order valence-corrected chi connectivity index (χ3v) is 1.99. The van der Waals surface area contributed by atoms with E-state index >= 15 is 0 Å². The van der Waals surface area contributed by atoms with Gasteiger partial charge in [-0.15, -0.1) is 13.2 Å². The van der Waals surface area contributed by atoms with Crippen LogP contribution in [0.3, 0.4) is 0 Å². The Kier molecular flexibility index (Phi) is 4.64. The summed E-state index contributed by atoms with van der Waals surface area (Å²) in [6.45, 7) is 0. The van der Waals surface area contributed by atoms with Gasteiger partial charge in [0.25, 0.3) is 0 Å². The normalized spacial score (nSPS) is 12.4. The van der Waals surface area contributed by atoms with Crippen LogP contribution in [0.25, 0.3) is 0 Å². The molecule has 0 heterocycles. The molecule has 7 N–H and O–H groups in total.